The molecule has 0 unspecified atom stereocenters. The Morgan fingerprint density at radius 1 is 1.05 bits per heavy atom. The molecular formula is C30H28N2O8. The molecular weight excluding hydrogens is 516 g/mol. The van der Waals surface area contributed by atoms with Crippen LogP contribution in [0.5, 0.6) is 5.88 Å². The number of aryl methyl sites for hydroxylation is 1. The highest BCUT2D eigenvalue weighted by Crippen LogP contribution is 2.56. The molecule has 10 nitrogen and oxygen atoms in total. The average molecular weight is 545 g/mol. The van der Waals surface area contributed by atoms with Crippen LogP contribution < -0.4 is 4.74 Å². The van der Waals surface area contributed by atoms with Gasteiger partial charge >= 0.3 is 0 Å². The second kappa shape index (κ2) is 9.03. The highest BCUT2D eigenvalue weighted by Gasteiger charge is 2.66. The number of nitrogens with zero attached hydrogens (tertiary/aromatic N) is 2. The summed E-state index contributed by atoms with van der Waals surface area (Å²) in [4.78, 5) is 48.9. The van der Waals surface area contributed by atoms with Crippen molar-refractivity contribution in [3.63, 3.8) is 0 Å². The minimum Gasteiger partial charge on any atom is -0.470 e. The molecule has 3 aliphatic rings. The van der Waals surface area contributed by atoms with Crippen LogP contribution in [-0.2, 0) is 21.9 Å². The number of ether oxygens (including phenoxy) is 1. The van der Waals surface area contributed by atoms with Crippen LogP contribution >= 0.6 is 0 Å². The van der Waals surface area contributed by atoms with E-state index in [4.69, 9.17) is 14.1 Å². The summed E-state index contributed by atoms with van der Waals surface area (Å²) in [5.74, 6) is -3.68. The van der Waals surface area contributed by atoms with E-state index in [0.29, 0.717) is 11.1 Å². The lowest BCUT2D eigenvalue weighted by molar-refractivity contribution is -0.313. The quantitative estimate of drug-likeness (QED) is 0.212. The molecule has 40 heavy (non-hydrogen) atoms. The number of hydrogen-bond donors (Lipinski definition) is 2. The summed E-state index contributed by atoms with van der Waals surface area (Å²) in [6.07, 6.45) is -0.108. The normalized spacial score (nSPS) is 27.3. The smallest absolute Gasteiger partial charge is 0.265 e. The van der Waals surface area contributed by atoms with Crippen molar-refractivity contribution in [2.75, 3.05) is 14.1 Å². The van der Waals surface area contributed by atoms with E-state index in [0.717, 1.165) is 5.56 Å². The van der Waals surface area contributed by atoms with E-state index in [1.165, 1.54) is 0 Å². The maximum absolute atomic E-state index is 14.3. The molecule has 2 aromatic carbocycles. The Kier molecular flexibility index (Phi) is 5.93. The van der Waals surface area contributed by atoms with Crippen molar-refractivity contribution in [3.8, 4) is 5.88 Å². The fraction of sp³-hybridized carbons (Fsp3) is 0.333. The first-order valence-electron chi connectivity index (χ1n) is 12.9. The van der Waals surface area contributed by atoms with Gasteiger partial charge in [0.1, 0.15) is 17.8 Å². The minimum absolute atomic E-state index is 0.0750. The zero-order valence-corrected chi connectivity index (χ0v) is 22.4. The molecule has 206 valence electrons. The number of Topliss-reactive ketones (excluding diaryl/α,β-unsaturated/α-hetero) is 3. The molecule has 2 N–H and O–H groups in total. The van der Waals surface area contributed by atoms with Crippen LogP contribution in [-0.4, -0.2) is 57.5 Å². The van der Waals surface area contributed by atoms with Gasteiger partial charge < -0.3 is 14.4 Å². The predicted molar refractivity (Wildman–Crippen MR) is 140 cm³/mol. The molecule has 6 rings (SSSR count). The van der Waals surface area contributed by atoms with Gasteiger partial charge in [-0.25, -0.2) is 4.89 Å². The largest absolute Gasteiger partial charge is 0.470 e. The monoisotopic (exact) mass is 544 g/mol. The third kappa shape index (κ3) is 3.37. The van der Waals surface area contributed by atoms with Gasteiger partial charge in [-0.05, 0) is 56.2 Å². The van der Waals surface area contributed by atoms with Gasteiger partial charge in [-0.1, -0.05) is 48.5 Å². The summed E-state index contributed by atoms with van der Waals surface area (Å²) in [6.45, 7) is 3.35. The average Bonchev–Trinajstić information content (AvgIpc) is 3.36. The van der Waals surface area contributed by atoms with Gasteiger partial charge in [-0.3, -0.25) is 24.5 Å². The summed E-state index contributed by atoms with van der Waals surface area (Å²) >= 11 is 0. The molecule has 0 bridgehead atoms. The number of carbonyl (C=O) groups excluding carboxylic acids is 3. The zero-order chi connectivity index (χ0) is 28.6. The summed E-state index contributed by atoms with van der Waals surface area (Å²) in [6, 6.07) is 13.5. The molecule has 1 heterocycles. The third-order valence-corrected chi connectivity index (χ3v) is 8.52. The highest BCUT2D eigenvalue weighted by atomic mass is 17.1. The van der Waals surface area contributed by atoms with Crippen molar-refractivity contribution in [3.05, 3.63) is 93.3 Å². The SMILES string of the molecule is Cc1cccc2c1C(=O)C1=C(C[C@H]3[C@H](N(C)C)c4onc(OCc5ccccc5)c4C(=O)[C@@]3(O)C1=O)[C@]2(C)OO. The lowest BCUT2D eigenvalue weighted by atomic mass is 9.57. The molecule has 0 saturated carbocycles. The van der Waals surface area contributed by atoms with Crippen molar-refractivity contribution >= 4 is 17.3 Å². The lowest BCUT2D eigenvalue weighted by Gasteiger charge is -2.49. The molecule has 1 aromatic heterocycles. The number of rotatable bonds is 5. The zero-order valence-electron chi connectivity index (χ0n) is 22.4. The van der Waals surface area contributed by atoms with Crippen molar-refractivity contribution in [2.24, 2.45) is 5.92 Å². The molecule has 3 aromatic rings. The van der Waals surface area contributed by atoms with Crippen molar-refractivity contribution in [2.45, 2.75) is 44.1 Å². The number of aliphatic hydroxyl groups is 1. The molecule has 0 aliphatic heterocycles. The van der Waals surface area contributed by atoms with E-state index in [1.807, 2.05) is 30.3 Å². The molecule has 4 atom stereocenters. The highest BCUT2D eigenvalue weighted by molar-refractivity contribution is 6.37. The second-order valence-electron chi connectivity index (χ2n) is 10.9. The van der Waals surface area contributed by atoms with Crippen LogP contribution in [0.2, 0.25) is 0 Å². The molecule has 0 fully saturated rings. The summed E-state index contributed by atoms with van der Waals surface area (Å²) in [7, 11) is 3.44. The third-order valence-electron chi connectivity index (χ3n) is 8.52. The topological polar surface area (TPSA) is 139 Å². The lowest BCUT2D eigenvalue weighted by Crippen LogP contribution is -2.63. The van der Waals surface area contributed by atoms with Gasteiger partial charge in [0.05, 0.1) is 11.6 Å². The number of benzene rings is 2. The van der Waals surface area contributed by atoms with E-state index in [9.17, 15) is 24.7 Å². The molecule has 0 radical (unpaired) electrons. The van der Waals surface area contributed by atoms with E-state index >= 15 is 0 Å². The molecule has 10 heteroatoms. The summed E-state index contributed by atoms with van der Waals surface area (Å²) in [5, 5.41) is 26.2. The van der Waals surface area contributed by atoms with Crippen LogP contribution in [0, 0.1) is 12.8 Å². The predicted octanol–water partition coefficient (Wildman–Crippen LogP) is 3.58. The Labute approximate surface area is 229 Å². The van der Waals surface area contributed by atoms with Gasteiger partial charge in [0.25, 0.3) is 5.88 Å². The van der Waals surface area contributed by atoms with Crippen LogP contribution in [0.4, 0.5) is 0 Å². The van der Waals surface area contributed by atoms with E-state index < -0.39 is 40.5 Å². The Morgan fingerprint density at radius 3 is 2.45 bits per heavy atom. The fourth-order valence-electron chi connectivity index (χ4n) is 6.50. The molecule has 0 amide bonds. The van der Waals surface area contributed by atoms with Gasteiger partial charge in [0, 0.05) is 17.0 Å². The first-order valence-corrected chi connectivity index (χ1v) is 12.9. The first kappa shape index (κ1) is 26.3. The molecule has 0 saturated heterocycles. The van der Waals surface area contributed by atoms with Crippen molar-refractivity contribution in [1.29, 1.82) is 0 Å². The Bertz CT molecular complexity index is 1610. The van der Waals surface area contributed by atoms with Crippen LogP contribution in [0.15, 0.2) is 64.2 Å². The minimum atomic E-state index is -2.61. The maximum atomic E-state index is 14.3. The van der Waals surface area contributed by atoms with E-state index in [-0.39, 0.29) is 46.9 Å². The van der Waals surface area contributed by atoms with Crippen molar-refractivity contribution in [1.82, 2.24) is 10.1 Å². The van der Waals surface area contributed by atoms with Gasteiger partial charge in [-0.15, -0.1) is 0 Å². The number of fused-ring (bicyclic) bond motifs is 3. The molecule has 3 aliphatic carbocycles. The fourth-order valence-corrected chi connectivity index (χ4v) is 6.50. The van der Waals surface area contributed by atoms with Crippen LogP contribution in [0.25, 0.3) is 0 Å². The van der Waals surface area contributed by atoms with E-state index in [1.54, 1.807) is 51.0 Å². The van der Waals surface area contributed by atoms with Crippen LogP contribution in [0.3, 0.4) is 0 Å². The maximum Gasteiger partial charge on any atom is 0.265 e. The first-order chi connectivity index (χ1) is 19.1. The molecule has 0 spiro atoms. The van der Waals surface area contributed by atoms with Gasteiger partial charge in [0.15, 0.2) is 17.1 Å². The van der Waals surface area contributed by atoms with E-state index in [2.05, 4.69) is 5.16 Å². The standard InChI is InChI=1S/C30H28N2O8/c1-15-9-8-12-17-20(15)24(33)21-18(29(17,2)40-37)13-19-23(32(3)4)25-22(27(35)30(19,36)26(21)34)28(31-39-25)38-14-16-10-6-5-7-11-16/h5-12,19,23,36-37H,13-14H2,1-4H3/t19-,23-,29+,30-/m0/s1. The summed E-state index contributed by atoms with van der Waals surface area (Å²) in [5.41, 5.74) is -2.48. The summed E-state index contributed by atoms with van der Waals surface area (Å²) < 4.78 is 11.5. The Balaban J connectivity index is 1.50. The second-order valence-corrected chi connectivity index (χ2v) is 10.9. The Morgan fingerprint density at radius 2 is 1.77 bits per heavy atom. The number of hydrogen-bond acceptors (Lipinski definition) is 10. The van der Waals surface area contributed by atoms with Gasteiger partial charge in [0.2, 0.25) is 11.6 Å². The Hall–Kier alpha value is -3.96. The number of ketones is 3. The van der Waals surface area contributed by atoms with Gasteiger partial charge in [-0.2, -0.15) is 0 Å². The number of carbonyl (C=O) groups is 3. The van der Waals surface area contributed by atoms with Crippen molar-refractivity contribution < 1.29 is 38.9 Å². The van der Waals surface area contributed by atoms with Crippen LogP contribution in [0.1, 0.15) is 62.6 Å². The number of aromatic nitrogens is 1.